The zero-order valence-electron chi connectivity index (χ0n) is 11.9. The van der Waals surface area contributed by atoms with Crippen molar-refractivity contribution in [3.05, 3.63) is 11.8 Å². The largest absolute Gasteiger partial charge is 0.388 e. The Morgan fingerprint density at radius 2 is 1.94 bits per heavy atom. The van der Waals surface area contributed by atoms with Crippen molar-refractivity contribution in [2.75, 3.05) is 13.6 Å². The predicted octanol–water partition coefficient (Wildman–Crippen LogP) is 3.15. The van der Waals surface area contributed by atoms with Crippen LogP contribution in [0.4, 0.5) is 0 Å². The molecule has 0 unspecified atom stereocenters. The molecule has 0 aromatic heterocycles. The summed E-state index contributed by atoms with van der Waals surface area (Å²) < 4.78 is 0. The minimum atomic E-state index is 0.149. The first-order chi connectivity index (χ1) is 7.29. The molecule has 0 aliphatic carbocycles. The molecule has 1 rings (SSSR count). The third-order valence-electron chi connectivity index (χ3n) is 3.81. The average molecular weight is 224 g/mol. The average Bonchev–Trinajstić information content (AvgIpc) is 2.14. The molecule has 94 valence electrons. The van der Waals surface area contributed by atoms with E-state index in [1.807, 2.05) is 0 Å². The fourth-order valence-electron chi connectivity index (χ4n) is 2.48. The van der Waals surface area contributed by atoms with Gasteiger partial charge in [0.15, 0.2) is 0 Å². The van der Waals surface area contributed by atoms with Gasteiger partial charge >= 0.3 is 0 Å². The Bertz CT molecular complexity index is 264. The van der Waals surface area contributed by atoms with Crippen LogP contribution in [0.2, 0.25) is 0 Å². The maximum absolute atomic E-state index is 3.59. The first-order valence-electron chi connectivity index (χ1n) is 6.49. The molecule has 0 saturated carbocycles. The maximum Gasteiger partial charge on any atom is 0.0356 e. The van der Waals surface area contributed by atoms with E-state index in [-0.39, 0.29) is 11.1 Å². The van der Waals surface area contributed by atoms with Crippen LogP contribution in [0.1, 0.15) is 53.9 Å². The van der Waals surface area contributed by atoms with Crippen molar-refractivity contribution >= 4 is 0 Å². The molecule has 0 radical (unpaired) electrons. The number of rotatable bonds is 4. The van der Waals surface area contributed by atoms with Gasteiger partial charge in [-0.3, -0.25) is 4.90 Å². The Labute approximate surface area is 101 Å². The van der Waals surface area contributed by atoms with Crippen LogP contribution in [0, 0.1) is 0 Å². The third kappa shape index (κ3) is 3.00. The molecule has 2 nitrogen and oxygen atoms in total. The van der Waals surface area contributed by atoms with Crippen molar-refractivity contribution in [2.45, 2.75) is 65.0 Å². The maximum atomic E-state index is 3.59. The zero-order valence-corrected chi connectivity index (χ0v) is 11.9. The summed E-state index contributed by atoms with van der Waals surface area (Å²) in [6.07, 6.45) is 6.02. The van der Waals surface area contributed by atoms with Gasteiger partial charge in [0.2, 0.25) is 0 Å². The van der Waals surface area contributed by atoms with Gasteiger partial charge < -0.3 is 5.32 Å². The lowest BCUT2D eigenvalue weighted by molar-refractivity contribution is 0.0597. The number of unbranched alkanes of at least 4 members (excludes halogenated alkanes) is 1. The number of hydrogen-bond acceptors (Lipinski definition) is 2. The summed E-state index contributed by atoms with van der Waals surface area (Å²) in [6, 6.07) is 0. The van der Waals surface area contributed by atoms with Crippen molar-refractivity contribution in [3.63, 3.8) is 0 Å². The summed E-state index contributed by atoms with van der Waals surface area (Å²) in [7, 11) is 2.22. The van der Waals surface area contributed by atoms with Gasteiger partial charge in [0, 0.05) is 29.7 Å². The van der Waals surface area contributed by atoms with Crippen LogP contribution in [0.15, 0.2) is 11.8 Å². The van der Waals surface area contributed by atoms with Gasteiger partial charge in [0.1, 0.15) is 0 Å². The fourth-order valence-corrected chi connectivity index (χ4v) is 2.48. The summed E-state index contributed by atoms with van der Waals surface area (Å²) in [6.45, 7) is 12.6. The van der Waals surface area contributed by atoms with Crippen molar-refractivity contribution in [3.8, 4) is 0 Å². The first-order valence-corrected chi connectivity index (χ1v) is 6.49. The number of likely N-dealkylation sites (N-methyl/N-ethyl adjacent to an activating group) is 1. The Hall–Kier alpha value is -0.500. The second-order valence-corrected chi connectivity index (χ2v) is 6.15. The van der Waals surface area contributed by atoms with Gasteiger partial charge in [-0.1, -0.05) is 13.3 Å². The normalized spacial score (nSPS) is 24.0. The van der Waals surface area contributed by atoms with Crippen molar-refractivity contribution < 1.29 is 0 Å². The van der Waals surface area contributed by atoms with Gasteiger partial charge in [-0.15, -0.1) is 0 Å². The topological polar surface area (TPSA) is 15.3 Å². The quantitative estimate of drug-likeness (QED) is 0.738. The second kappa shape index (κ2) is 4.79. The fraction of sp³-hybridized carbons (Fsp3) is 0.857. The minimum absolute atomic E-state index is 0.149. The number of nitrogens with one attached hydrogen (secondary N) is 1. The van der Waals surface area contributed by atoms with E-state index in [4.69, 9.17) is 0 Å². The van der Waals surface area contributed by atoms with Crippen molar-refractivity contribution in [1.29, 1.82) is 0 Å². The number of nitrogens with zero attached hydrogens (tertiary/aromatic N) is 1. The van der Waals surface area contributed by atoms with Crippen molar-refractivity contribution in [1.82, 2.24) is 10.2 Å². The highest BCUT2D eigenvalue weighted by molar-refractivity contribution is 5.19. The molecule has 0 bridgehead atoms. The van der Waals surface area contributed by atoms with Crippen LogP contribution in [0.5, 0.6) is 0 Å². The minimum Gasteiger partial charge on any atom is -0.388 e. The van der Waals surface area contributed by atoms with Crippen LogP contribution in [-0.4, -0.2) is 29.6 Å². The molecular formula is C14H28N2. The molecule has 1 aliphatic rings. The van der Waals surface area contributed by atoms with Gasteiger partial charge in [-0.25, -0.2) is 0 Å². The highest BCUT2D eigenvalue weighted by Crippen LogP contribution is 2.34. The SMILES string of the molecule is CCCCNC1=CC(C)(C)N(C)C(C)(C)C1. The van der Waals surface area contributed by atoms with Crippen LogP contribution in [0.25, 0.3) is 0 Å². The van der Waals surface area contributed by atoms with Gasteiger partial charge in [0.05, 0.1) is 0 Å². The molecule has 0 amide bonds. The lowest BCUT2D eigenvalue weighted by atomic mass is 9.84. The second-order valence-electron chi connectivity index (χ2n) is 6.15. The van der Waals surface area contributed by atoms with Crippen LogP contribution >= 0.6 is 0 Å². The van der Waals surface area contributed by atoms with E-state index in [2.05, 4.69) is 58.0 Å². The molecule has 0 atom stereocenters. The smallest absolute Gasteiger partial charge is 0.0356 e. The van der Waals surface area contributed by atoms with Gasteiger partial charge in [0.25, 0.3) is 0 Å². The van der Waals surface area contributed by atoms with Gasteiger partial charge in [-0.2, -0.15) is 0 Å². The van der Waals surface area contributed by atoms with E-state index in [1.54, 1.807) is 0 Å². The Balaban J connectivity index is 2.72. The summed E-state index contributed by atoms with van der Waals surface area (Å²) in [5, 5.41) is 3.59. The molecule has 0 aromatic rings. The van der Waals surface area contributed by atoms with E-state index in [0.717, 1.165) is 13.0 Å². The third-order valence-corrected chi connectivity index (χ3v) is 3.81. The zero-order chi connectivity index (χ0) is 12.4. The molecule has 1 heterocycles. The molecule has 16 heavy (non-hydrogen) atoms. The molecule has 0 aromatic carbocycles. The summed E-state index contributed by atoms with van der Waals surface area (Å²) in [4.78, 5) is 2.46. The van der Waals surface area contributed by atoms with Crippen LogP contribution in [0.3, 0.4) is 0 Å². The lowest BCUT2D eigenvalue weighted by Gasteiger charge is -2.49. The van der Waals surface area contributed by atoms with Crippen molar-refractivity contribution in [2.24, 2.45) is 0 Å². The van der Waals surface area contributed by atoms with E-state index in [0.29, 0.717) is 0 Å². The Morgan fingerprint density at radius 3 is 2.44 bits per heavy atom. The summed E-state index contributed by atoms with van der Waals surface area (Å²) in [5.74, 6) is 0. The summed E-state index contributed by atoms with van der Waals surface area (Å²) in [5.41, 5.74) is 1.81. The van der Waals surface area contributed by atoms with Crippen LogP contribution in [-0.2, 0) is 0 Å². The van der Waals surface area contributed by atoms with E-state index >= 15 is 0 Å². The Morgan fingerprint density at radius 1 is 1.31 bits per heavy atom. The van der Waals surface area contributed by atoms with Gasteiger partial charge in [-0.05, 0) is 47.2 Å². The summed E-state index contributed by atoms with van der Waals surface area (Å²) >= 11 is 0. The molecule has 0 spiro atoms. The Kier molecular flexibility index (Phi) is 4.06. The standard InChI is InChI=1S/C14H28N2/c1-7-8-9-15-12-10-13(2,3)16(6)14(4,5)11-12/h10,15H,7-9,11H2,1-6H3. The lowest BCUT2D eigenvalue weighted by Crippen LogP contribution is -2.56. The van der Waals surface area contributed by atoms with E-state index in [1.165, 1.54) is 18.5 Å². The molecular weight excluding hydrogens is 196 g/mol. The molecule has 0 saturated heterocycles. The molecule has 0 fully saturated rings. The highest BCUT2D eigenvalue weighted by Gasteiger charge is 2.38. The first kappa shape index (κ1) is 13.6. The van der Waals surface area contributed by atoms with E-state index < -0.39 is 0 Å². The van der Waals surface area contributed by atoms with E-state index in [9.17, 15) is 0 Å². The predicted molar refractivity (Wildman–Crippen MR) is 71.5 cm³/mol. The number of hydrogen-bond donors (Lipinski definition) is 1. The van der Waals surface area contributed by atoms with Crippen LogP contribution < -0.4 is 5.32 Å². The monoisotopic (exact) mass is 224 g/mol. The molecule has 1 aliphatic heterocycles. The highest BCUT2D eigenvalue weighted by atomic mass is 15.2. The molecule has 1 N–H and O–H groups in total. The molecule has 2 heteroatoms.